The summed E-state index contributed by atoms with van der Waals surface area (Å²) < 4.78 is 77.7. The average molecular weight is 707 g/mol. The first kappa shape index (κ1) is 34.9. The average Bonchev–Trinajstić information content (AvgIpc) is 3.06. The molecule has 0 unspecified atom stereocenters. The van der Waals surface area contributed by atoms with Gasteiger partial charge in [-0.1, -0.05) is 71.8 Å². The minimum Gasteiger partial charge on any atom is -0.487 e. The zero-order valence-electron chi connectivity index (χ0n) is 26.3. The second-order valence-electron chi connectivity index (χ2n) is 11.1. The van der Waals surface area contributed by atoms with Gasteiger partial charge in [-0.3, -0.25) is 18.2 Å². The lowest BCUT2D eigenvalue weighted by Gasteiger charge is -2.30. The van der Waals surface area contributed by atoms with E-state index >= 15 is 0 Å². The molecule has 0 saturated carbocycles. The Kier molecular flexibility index (Phi) is 9.92. The van der Waals surface area contributed by atoms with Crippen molar-refractivity contribution in [1.82, 2.24) is 0 Å². The summed E-state index contributed by atoms with van der Waals surface area (Å²) in [5, 5.41) is 20.0. The Labute approximate surface area is 282 Å². The van der Waals surface area contributed by atoms with Crippen molar-refractivity contribution >= 4 is 54.1 Å². The molecule has 0 fully saturated rings. The first-order valence-electron chi connectivity index (χ1n) is 14.7. The smallest absolute Gasteiger partial charge is 0.324 e. The van der Waals surface area contributed by atoms with Crippen LogP contribution >= 0.6 is 0 Å². The number of aliphatic carboxylic acids is 2. The van der Waals surface area contributed by atoms with Crippen LogP contribution < -0.4 is 13.3 Å². The lowest BCUT2D eigenvalue weighted by Crippen LogP contribution is -2.37. The van der Waals surface area contributed by atoms with Crippen molar-refractivity contribution in [2.24, 2.45) is 0 Å². The van der Waals surface area contributed by atoms with Crippen LogP contribution in [0, 0.1) is 19.7 Å². The Morgan fingerprint density at radius 1 is 0.673 bits per heavy atom. The molecule has 14 heteroatoms. The van der Waals surface area contributed by atoms with Gasteiger partial charge in [-0.05, 0) is 55.8 Å². The van der Waals surface area contributed by atoms with Crippen molar-refractivity contribution < 1.29 is 45.8 Å². The number of fused-ring (bicyclic) bond motifs is 1. The predicted octanol–water partition coefficient (Wildman–Crippen LogP) is 5.73. The quantitative estimate of drug-likeness (QED) is 0.156. The number of carboxylic acids is 2. The third-order valence-electron chi connectivity index (χ3n) is 7.56. The van der Waals surface area contributed by atoms with Crippen LogP contribution in [0.3, 0.4) is 0 Å². The van der Waals surface area contributed by atoms with E-state index in [2.05, 4.69) is 0 Å². The molecular formula is C35H31FN2O9S2. The SMILES string of the molecule is Cc1ccc(S(=O)(=O)N(CC(=O)O)c2cc(OCc3ccc(F)cc3)c(N(CC(=O)O)S(=O)(=O)c3ccc(C)cc3)c3ccccc23)cc1. The summed E-state index contributed by atoms with van der Waals surface area (Å²) in [6, 6.07) is 24.0. The largest absolute Gasteiger partial charge is 0.487 e. The third-order valence-corrected chi connectivity index (χ3v) is 11.1. The summed E-state index contributed by atoms with van der Waals surface area (Å²) in [5.74, 6) is -3.76. The van der Waals surface area contributed by atoms with Crippen molar-refractivity contribution in [3.63, 3.8) is 0 Å². The molecule has 0 aromatic heterocycles. The maximum Gasteiger partial charge on any atom is 0.324 e. The van der Waals surface area contributed by atoms with Gasteiger partial charge in [-0.15, -0.1) is 0 Å². The number of halogens is 1. The molecule has 11 nitrogen and oxygen atoms in total. The second kappa shape index (κ2) is 13.9. The fourth-order valence-electron chi connectivity index (χ4n) is 5.14. The molecule has 0 aliphatic rings. The van der Waals surface area contributed by atoms with Gasteiger partial charge in [0.1, 0.15) is 37.0 Å². The van der Waals surface area contributed by atoms with Crippen LogP contribution in [0.1, 0.15) is 16.7 Å². The van der Waals surface area contributed by atoms with E-state index in [9.17, 15) is 41.0 Å². The first-order chi connectivity index (χ1) is 23.2. The van der Waals surface area contributed by atoms with E-state index in [4.69, 9.17) is 4.74 Å². The van der Waals surface area contributed by atoms with Crippen molar-refractivity contribution in [3.8, 4) is 5.75 Å². The molecule has 0 amide bonds. The normalized spacial score (nSPS) is 11.7. The maximum absolute atomic E-state index is 14.2. The van der Waals surface area contributed by atoms with E-state index in [1.807, 2.05) is 0 Å². The van der Waals surface area contributed by atoms with Crippen molar-refractivity contribution in [3.05, 3.63) is 126 Å². The number of benzene rings is 5. The molecule has 5 aromatic carbocycles. The Bertz CT molecular complexity index is 2240. The molecule has 5 rings (SSSR count). The predicted molar refractivity (Wildman–Crippen MR) is 181 cm³/mol. The number of hydrogen-bond acceptors (Lipinski definition) is 7. The second-order valence-corrected chi connectivity index (χ2v) is 14.9. The van der Waals surface area contributed by atoms with Gasteiger partial charge in [0.2, 0.25) is 0 Å². The molecule has 0 radical (unpaired) electrons. The van der Waals surface area contributed by atoms with Gasteiger partial charge in [0, 0.05) is 16.8 Å². The van der Waals surface area contributed by atoms with E-state index in [-0.39, 0.29) is 44.3 Å². The number of anilines is 2. The van der Waals surface area contributed by atoms with Gasteiger partial charge in [0.05, 0.1) is 15.5 Å². The van der Waals surface area contributed by atoms with Crippen LogP contribution in [0.2, 0.25) is 0 Å². The summed E-state index contributed by atoms with van der Waals surface area (Å²) in [4.78, 5) is 24.0. The van der Waals surface area contributed by atoms with E-state index in [0.29, 0.717) is 14.2 Å². The van der Waals surface area contributed by atoms with E-state index in [1.165, 1.54) is 72.8 Å². The highest BCUT2D eigenvalue weighted by Crippen LogP contribution is 2.45. The van der Waals surface area contributed by atoms with Gasteiger partial charge < -0.3 is 14.9 Å². The molecule has 5 aromatic rings. The summed E-state index contributed by atoms with van der Waals surface area (Å²) >= 11 is 0. The molecule has 0 atom stereocenters. The highest BCUT2D eigenvalue weighted by atomic mass is 32.2. The van der Waals surface area contributed by atoms with Crippen LogP contribution in [0.5, 0.6) is 5.75 Å². The van der Waals surface area contributed by atoms with E-state index in [0.717, 1.165) is 11.1 Å². The molecule has 0 aliphatic carbocycles. The van der Waals surface area contributed by atoms with E-state index < -0.39 is 50.9 Å². The van der Waals surface area contributed by atoms with Crippen molar-refractivity contribution in [1.29, 1.82) is 0 Å². The minimum atomic E-state index is -4.60. The zero-order valence-corrected chi connectivity index (χ0v) is 27.9. The van der Waals surface area contributed by atoms with Crippen LogP contribution in [0.15, 0.2) is 113 Å². The Balaban J connectivity index is 1.82. The fourth-order valence-corrected chi connectivity index (χ4v) is 8.00. The molecule has 49 heavy (non-hydrogen) atoms. The number of ether oxygens (including phenoxy) is 1. The van der Waals surface area contributed by atoms with Crippen molar-refractivity contribution in [2.45, 2.75) is 30.2 Å². The number of nitrogens with zero attached hydrogens (tertiary/aromatic N) is 2. The Hall–Kier alpha value is -5.47. The van der Waals surface area contributed by atoms with Crippen LogP contribution in [-0.2, 0) is 36.2 Å². The van der Waals surface area contributed by atoms with E-state index in [1.54, 1.807) is 44.2 Å². The van der Waals surface area contributed by atoms with Gasteiger partial charge >= 0.3 is 11.9 Å². The van der Waals surface area contributed by atoms with Gasteiger partial charge in [0.25, 0.3) is 20.0 Å². The minimum absolute atomic E-state index is 0.0561. The highest BCUT2D eigenvalue weighted by molar-refractivity contribution is 7.93. The topological polar surface area (TPSA) is 159 Å². The third kappa shape index (κ3) is 7.50. The molecule has 2 N–H and O–H groups in total. The summed E-state index contributed by atoms with van der Waals surface area (Å²) in [7, 11) is -9.14. The highest BCUT2D eigenvalue weighted by Gasteiger charge is 2.35. The fraction of sp³-hybridized carbons (Fsp3) is 0.143. The van der Waals surface area contributed by atoms with Crippen molar-refractivity contribution in [2.75, 3.05) is 21.7 Å². The van der Waals surface area contributed by atoms with Gasteiger partial charge in [0.15, 0.2) is 0 Å². The molecular weight excluding hydrogens is 676 g/mol. The summed E-state index contributed by atoms with van der Waals surface area (Å²) in [6.07, 6.45) is 0. The zero-order chi connectivity index (χ0) is 35.5. The molecule has 0 saturated heterocycles. The lowest BCUT2D eigenvalue weighted by atomic mass is 10.1. The standard InChI is InChI=1S/C35H31FN2O9S2/c1-23-7-15-27(16-8-23)48(43,44)37(20-33(39)40)31-19-32(47-22-25-11-13-26(36)14-12-25)35(30-6-4-3-5-29(30)31)38(21-34(41)42)49(45,46)28-17-9-24(2)10-18-28/h3-19H,20-22H2,1-2H3,(H,39,40)(H,41,42). The Morgan fingerprint density at radius 2 is 1.14 bits per heavy atom. The van der Waals surface area contributed by atoms with Crippen LogP contribution in [-0.4, -0.2) is 52.1 Å². The molecule has 254 valence electrons. The molecule has 0 heterocycles. The monoisotopic (exact) mass is 706 g/mol. The number of sulfonamides is 2. The summed E-state index contributed by atoms with van der Waals surface area (Å²) in [6.45, 7) is 1.17. The van der Waals surface area contributed by atoms with Gasteiger partial charge in [-0.25, -0.2) is 21.2 Å². The summed E-state index contributed by atoms with van der Waals surface area (Å²) in [5.41, 5.74) is 1.58. The van der Waals surface area contributed by atoms with Crippen LogP contribution in [0.4, 0.5) is 15.8 Å². The number of carboxylic acid groups (broad SMARTS) is 2. The molecule has 0 spiro atoms. The number of hydrogen-bond donors (Lipinski definition) is 2. The molecule has 0 bridgehead atoms. The maximum atomic E-state index is 14.2. The number of aryl methyl sites for hydroxylation is 2. The molecule has 0 aliphatic heterocycles. The Morgan fingerprint density at radius 3 is 1.65 bits per heavy atom. The number of rotatable bonds is 13. The first-order valence-corrected chi connectivity index (χ1v) is 17.6. The van der Waals surface area contributed by atoms with Crippen LogP contribution in [0.25, 0.3) is 10.8 Å². The lowest BCUT2D eigenvalue weighted by molar-refractivity contribution is -0.136. The number of carbonyl (C=O) groups is 2. The van der Waals surface area contributed by atoms with Gasteiger partial charge in [-0.2, -0.15) is 0 Å².